The zero-order valence-electron chi connectivity index (χ0n) is 19.0. The summed E-state index contributed by atoms with van der Waals surface area (Å²) in [6.07, 6.45) is 1.66. The molecular formula is C26H26FN3O4S. The highest BCUT2D eigenvalue weighted by atomic mass is 32.1. The van der Waals surface area contributed by atoms with E-state index in [0.29, 0.717) is 17.0 Å². The number of hydrogen-bond acceptors (Lipinski definition) is 5. The first-order chi connectivity index (χ1) is 17.0. The largest absolute Gasteiger partial charge is 0.376 e. The van der Waals surface area contributed by atoms with Crippen molar-refractivity contribution >= 4 is 34.7 Å². The molecular weight excluding hydrogens is 469 g/mol. The van der Waals surface area contributed by atoms with E-state index in [2.05, 4.69) is 10.6 Å². The van der Waals surface area contributed by atoms with E-state index in [0.717, 1.165) is 17.7 Å². The molecule has 0 radical (unpaired) electrons. The monoisotopic (exact) mass is 495 g/mol. The van der Waals surface area contributed by atoms with Gasteiger partial charge in [0.15, 0.2) is 0 Å². The first-order valence-electron chi connectivity index (χ1n) is 11.4. The van der Waals surface area contributed by atoms with E-state index in [-0.39, 0.29) is 18.3 Å². The summed E-state index contributed by atoms with van der Waals surface area (Å²) >= 11 is 1.24. The van der Waals surface area contributed by atoms with Crippen molar-refractivity contribution < 1.29 is 23.5 Å². The Kier molecular flexibility index (Phi) is 8.23. The summed E-state index contributed by atoms with van der Waals surface area (Å²) in [6.45, 7) is 0.524. The van der Waals surface area contributed by atoms with Crippen molar-refractivity contribution in [2.75, 3.05) is 24.6 Å². The number of rotatable bonds is 9. The fourth-order valence-corrected chi connectivity index (χ4v) is 4.61. The van der Waals surface area contributed by atoms with Gasteiger partial charge in [0.1, 0.15) is 11.9 Å². The van der Waals surface area contributed by atoms with Crippen molar-refractivity contribution in [1.82, 2.24) is 10.6 Å². The molecule has 2 N–H and O–H groups in total. The summed E-state index contributed by atoms with van der Waals surface area (Å²) in [6, 6.07) is 16.7. The molecule has 7 nitrogen and oxygen atoms in total. The Balaban J connectivity index is 1.64. The minimum atomic E-state index is -1.15. The quantitative estimate of drug-likeness (QED) is 0.474. The number of nitrogens with zero attached hydrogens (tertiary/aromatic N) is 1. The molecule has 182 valence electrons. The van der Waals surface area contributed by atoms with Gasteiger partial charge in [0.25, 0.3) is 5.91 Å². The van der Waals surface area contributed by atoms with Crippen LogP contribution in [0.2, 0.25) is 0 Å². The van der Waals surface area contributed by atoms with Gasteiger partial charge in [-0.15, -0.1) is 11.3 Å². The van der Waals surface area contributed by atoms with Gasteiger partial charge in [0, 0.05) is 13.2 Å². The number of benzene rings is 2. The summed E-state index contributed by atoms with van der Waals surface area (Å²) in [5.41, 5.74) is 0.461. The molecule has 1 aromatic heterocycles. The van der Waals surface area contributed by atoms with Crippen LogP contribution in [0, 0.1) is 5.82 Å². The lowest BCUT2D eigenvalue weighted by Crippen LogP contribution is -2.48. The smallest absolute Gasteiger partial charge is 0.261 e. The maximum absolute atomic E-state index is 15.0. The summed E-state index contributed by atoms with van der Waals surface area (Å²) in [7, 11) is 0. The molecule has 1 fully saturated rings. The molecule has 3 amide bonds. The number of ether oxygens (including phenoxy) is 1. The van der Waals surface area contributed by atoms with Gasteiger partial charge in [-0.25, -0.2) is 4.39 Å². The van der Waals surface area contributed by atoms with E-state index in [9.17, 15) is 18.8 Å². The van der Waals surface area contributed by atoms with Crippen LogP contribution < -0.4 is 15.5 Å². The summed E-state index contributed by atoms with van der Waals surface area (Å²) in [5, 5.41) is 7.21. The molecule has 2 heterocycles. The van der Waals surface area contributed by atoms with Crippen LogP contribution in [0.3, 0.4) is 0 Å². The summed E-state index contributed by atoms with van der Waals surface area (Å²) in [4.78, 5) is 41.0. The van der Waals surface area contributed by atoms with Gasteiger partial charge in [-0.1, -0.05) is 48.5 Å². The standard InChI is InChI=1S/C26H26FN3O4S/c27-20-11-4-5-12-21(20)30(23(31)17-29-25(32)22-13-7-15-35-22)24(18-8-2-1-3-9-18)26(33)28-16-19-10-6-14-34-19/h1-5,7-9,11-13,15,19,24H,6,10,14,16-17H2,(H,28,33)(H,29,32)/t19-,24-/m0/s1. The van der Waals surface area contributed by atoms with Gasteiger partial charge in [-0.3, -0.25) is 19.3 Å². The maximum Gasteiger partial charge on any atom is 0.261 e. The van der Waals surface area contributed by atoms with Gasteiger partial charge in [0.2, 0.25) is 11.8 Å². The second-order valence-electron chi connectivity index (χ2n) is 8.07. The average molecular weight is 496 g/mol. The van der Waals surface area contributed by atoms with Gasteiger partial charge < -0.3 is 15.4 Å². The number of nitrogens with one attached hydrogen (secondary N) is 2. The van der Waals surface area contributed by atoms with Crippen LogP contribution in [0.25, 0.3) is 0 Å². The van der Waals surface area contributed by atoms with Crippen LogP contribution in [0.5, 0.6) is 0 Å². The Labute approximate surface area is 206 Å². The number of hydrogen-bond donors (Lipinski definition) is 2. The summed E-state index contributed by atoms with van der Waals surface area (Å²) in [5.74, 6) is -2.16. The van der Waals surface area contributed by atoms with Crippen molar-refractivity contribution in [2.24, 2.45) is 0 Å². The summed E-state index contributed by atoms with van der Waals surface area (Å²) < 4.78 is 20.6. The number of para-hydroxylation sites is 1. The Bertz CT molecular complexity index is 1150. The normalized spacial score (nSPS) is 15.9. The lowest BCUT2D eigenvalue weighted by molar-refractivity contribution is -0.126. The Morgan fingerprint density at radius 3 is 2.49 bits per heavy atom. The number of carbonyl (C=O) groups is 3. The third kappa shape index (κ3) is 6.12. The molecule has 9 heteroatoms. The van der Waals surface area contributed by atoms with E-state index in [1.807, 2.05) is 0 Å². The number of halogens is 1. The van der Waals surface area contributed by atoms with Crippen molar-refractivity contribution in [3.63, 3.8) is 0 Å². The molecule has 1 aliphatic rings. The predicted molar refractivity (Wildman–Crippen MR) is 132 cm³/mol. The minimum absolute atomic E-state index is 0.0519. The van der Waals surface area contributed by atoms with Crippen LogP contribution >= 0.6 is 11.3 Å². The van der Waals surface area contributed by atoms with E-state index < -0.39 is 36.1 Å². The highest BCUT2D eigenvalue weighted by Crippen LogP contribution is 2.30. The zero-order chi connectivity index (χ0) is 24.6. The lowest BCUT2D eigenvalue weighted by Gasteiger charge is -2.32. The van der Waals surface area contributed by atoms with Crippen molar-refractivity contribution in [3.05, 3.63) is 88.4 Å². The molecule has 0 aliphatic carbocycles. The van der Waals surface area contributed by atoms with Crippen LogP contribution in [0.4, 0.5) is 10.1 Å². The van der Waals surface area contributed by atoms with Crippen LogP contribution in [0.15, 0.2) is 72.1 Å². The fourth-order valence-electron chi connectivity index (χ4n) is 3.97. The molecule has 4 rings (SSSR count). The molecule has 0 bridgehead atoms. The van der Waals surface area contributed by atoms with Gasteiger partial charge in [-0.2, -0.15) is 0 Å². The third-order valence-electron chi connectivity index (χ3n) is 5.68. The van der Waals surface area contributed by atoms with E-state index in [1.54, 1.807) is 53.9 Å². The molecule has 3 aromatic rings. The molecule has 1 saturated heterocycles. The number of carbonyl (C=O) groups excluding carboxylic acids is 3. The molecule has 35 heavy (non-hydrogen) atoms. The van der Waals surface area contributed by atoms with Crippen LogP contribution in [0.1, 0.15) is 34.1 Å². The maximum atomic E-state index is 15.0. The molecule has 0 unspecified atom stereocenters. The average Bonchev–Trinajstić information content (AvgIpc) is 3.60. The zero-order valence-corrected chi connectivity index (χ0v) is 19.8. The SMILES string of the molecule is O=C(NCC(=O)N(c1ccccc1F)[C@H](C(=O)NC[C@@H]1CCCO1)c1ccccc1)c1cccs1. The molecule has 1 aliphatic heterocycles. The lowest BCUT2D eigenvalue weighted by atomic mass is 10.0. The van der Waals surface area contributed by atoms with E-state index in [1.165, 1.54) is 29.5 Å². The highest BCUT2D eigenvalue weighted by Gasteiger charge is 2.34. The second kappa shape index (κ2) is 11.7. The Hall–Kier alpha value is -3.56. The number of thiophene rings is 1. The van der Waals surface area contributed by atoms with Gasteiger partial charge in [-0.05, 0) is 42.0 Å². The minimum Gasteiger partial charge on any atom is -0.376 e. The Morgan fingerprint density at radius 1 is 1.03 bits per heavy atom. The van der Waals surface area contributed by atoms with E-state index in [4.69, 9.17) is 4.74 Å². The second-order valence-corrected chi connectivity index (χ2v) is 9.02. The van der Waals surface area contributed by atoms with Crippen molar-refractivity contribution in [3.8, 4) is 0 Å². The van der Waals surface area contributed by atoms with Gasteiger partial charge in [0.05, 0.1) is 23.2 Å². The Morgan fingerprint density at radius 2 is 1.80 bits per heavy atom. The number of amides is 3. The van der Waals surface area contributed by atoms with Crippen LogP contribution in [-0.2, 0) is 14.3 Å². The predicted octanol–water partition coefficient (Wildman–Crippen LogP) is 3.69. The molecule has 0 saturated carbocycles. The third-order valence-corrected chi connectivity index (χ3v) is 6.54. The molecule has 0 spiro atoms. The van der Waals surface area contributed by atoms with Crippen molar-refractivity contribution in [1.29, 1.82) is 0 Å². The van der Waals surface area contributed by atoms with Gasteiger partial charge >= 0.3 is 0 Å². The van der Waals surface area contributed by atoms with Crippen molar-refractivity contribution in [2.45, 2.75) is 25.0 Å². The number of anilines is 1. The molecule has 2 atom stereocenters. The first-order valence-corrected chi connectivity index (χ1v) is 12.2. The topological polar surface area (TPSA) is 87.7 Å². The fraction of sp³-hybridized carbons (Fsp3) is 0.269. The van der Waals surface area contributed by atoms with Crippen LogP contribution in [-0.4, -0.2) is 43.5 Å². The highest BCUT2D eigenvalue weighted by molar-refractivity contribution is 7.12. The van der Waals surface area contributed by atoms with E-state index >= 15 is 0 Å². The molecule has 2 aromatic carbocycles. The first kappa shape index (κ1) is 24.6.